The van der Waals surface area contributed by atoms with Gasteiger partial charge in [-0.1, -0.05) is 0 Å². The van der Waals surface area contributed by atoms with Crippen LogP contribution in [0, 0.1) is 17.7 Å². The van der Waals surface area contributed by atoms with Crippen LogP contribution in [0.3, 0.4) is 0 Å². The highest BCUT2D eigenvalue weighted by Gasteiger charge is 2.64. The highest BCUT2D eigenvalue weighted by molar-refractivity contribution is 6.24. The van der Waals surface area contributed by atoms with E-state index >= 15 is 4.39 Å². The summed E-state index contributed by atoms with van der Waals surface area (Å²) in [7, 11) is 4.75. The second-order valence-electron chi connectivity index (χ2n) is 11.2. The fourth-order valence-electron chi connectivity index (χ4n) is 6.82. The number of likely N-dealkylation sites (N-methyl/N-ethyl adjacent to an activating group) is 2. The van der Waals surface area contributed by atoms with Crippen LogP contribution in [0.15, 0.2) is 23.0 Å². The zero-order valence-corrected chi connectivity index (χ0v) is 22.2. The number of aliphatic hydroxyl groups excluding tert-OH is 2. The number of hydrogen-bond donors (Lipinski definition) is 6. The lowest BCUT2D eigenvalue weighted by Crippen LogP contribution is -2.65. The molecule has 1 aromatic rings. The van der Waals surface area contributed by atoms with Gasteiger partial charge in [-0.3, -0.25) is 29.0 Å². The third kappa shape index (κ3) is 3.75. The molecule has 2 amide bonds. The lowest BCUT2D eigenvalue weighted by Gasteiger charge is -2.50. The van der Waals surface area contributed by atoms with E-state index in [-0.39, 0.29) is 24.1 Å². The van der Waals surface area contributed by atoms with Crippen LogP contribution in [0.4, 0.5) is 10.1 Å². The van der Waals surface area contributed by atoms with E-state index < -0.39 is 92.7 Å². The number of hydrogen-bond acceptors (Lipinski definition) is 10. The minimum absolute atomic E-state index is 0.112. The minimum Gasteiger partial charge on any atom is -0.508 e. The largest absolute Gasteiger partial charge is 0.508 e. The number of fused-ring (bicyclic) bond motifs is 3. The van der Waals surface area contributed by atoms with Gasteiger partial charge in [-0.2, -0.15) is 0 Å². The predicted octanol–water partition coefficient (Wildman–Crippen LogP) is 0.136. The van der Waals surface area contributed by atoms with Crippen LogP contribution in [0.1, 0.15) is 30.4 Å². The summed E-state index contributed by atoms with van der Waals surface area (Å²) in [5.74, 6) is -9.59. The first-order valence-electron chi connectivity index (χ1n) is 12.9. The van der Waals surface area contributed by atoms with Gasteiger partial charge in [0.25, 0.3) is 5.91 Å². The Bertz CT molecular complexity index is 1440. The van der Waals surface area contributed by atoms with Gasteiger partial charge in [0.05, 0.1) is 23.3 Å². The van der Waals surface area contributed by atoms with Crippen molar-refractivity contribution in [2.45, 2.75) is 43.4 Å². The second kappa shape index (κ2) is 9.39. The van der Waals surface area contributed by atoms with Gasteiger partial charge < -0.3 is 31.5 Å². The van der Waals surface area contributed by atoms with Gasteiger partial charge in [-0.05, 0) is 59.3 Å². The molecular formula is C27H31FN4O8. The molecule has 12 nitrogen and oxygen atoms in total. The Morgan fingerprint density at radius 2 is 1.90 bits per heavy atom. The molecule has 1 aliphatic heterocycles. The quantitative estimate of drug-likeness (QED) is 0.219. The average molecular weight is 559 g/mol. The van der Waals surface area contributed by atoms with Crippen LogP contribution in [0.25, 0.3) is 5.76 Å². The molecule has 7 N–H and O–H groups in total. The second-order valence-corrected chi connectivity index (χ2v) is 11.2. The number of anilines is 1. The number of aliphatic hydroxyl groups is 3. The summed E-state index contributed by atoms with van der Waals surface area (Å²) >= 11 is 0. The van der Waals surface area contributed by atoms with Crippen molar-refractivity contribution < 1.29 is 44.0 Å². The Morgan fingerprint density at radius 3 is 2.48 bits per heavy atom. The van der Waals surface area contributed by atoms with Crippen LogP contribution in [0.5, 0.6) is 5.75 Å². The summed E-state index contributed by atoms with van der Waals surface area (Å²) in [6.07, 6.45) is 1.02. The zero-order valence-electron chi connectivity index (χ0n) is 22.2. The van der Waals surface area contributed by atoms with Crippen LogP contribution >= 0.6 is 0 Å². The zero-order chi connectivity index (χ0) is 29.4. The maximum Gasteiger partial charge on any atom is 0.255 e. The number of nitrogens with zero attached hydrogens (tertiary/aromatic N) is 2. The van der Waals surface area contributed by atoms with Crippen LogP contribution < -0.4 is 11.1 Å². The predicted molar refractivity (Wildman–Crippen MR) is 138 cm³/mol. The number of ketones is 2. The van der Waals surface area contributed by atoms with E-state index in [0.717, 1.165) is 12.5 Å². The van der Waals surface area contributed by atoms with Crippen molar-refractivity contribution in [3.63, 3.8) is 0 Å². The number of rotatable bonds is 4. The molecule has 1 saturated heterocycles. The Labute approximate surface area is 228 Å². The summed E-state index contributed by atoms with van der Waals surface area (Å²) in [6.45, 7) is 0.696. The van der Waals surface area contributed by atoms with Crippen LogP contribution in [-0.2, 0) is 25.6 Å². The molecule has 5 atom stereocenters. The van der Waals surface area contributed by atoms with E-state index in [0.29, 0.717) is 13.0 Å². The Hall–Kier alpha value is -3.81. The highest BCUT2D eigenvalue weighted by Crippen LogP contribution is 2.53. The number of phenols is 1. The molecule has 5 rings (SSSR count). The van der Waals surface area contributed by atoms with E-state index in [9.17, 15) is 39.6 Å². The normalized spacial score (nSPS) is 30.4. The van der Waals surface area contributed by atoms with Crippen molar-refractivity contribution in [1.82, 2.24) is 9.80 Å². The molecule has 214 valence electrons. The molecule has 0 spiro atoms. The van der Waals surface area contributed by atoms with E-state index in [1.54, 1.807) is 7.05 Å². The van der Waals surface area contributed by atoms with E-state index in [1.807, 2.05) is 4.90 Å². The number of carbonyl (C=O) groups is 4. The van der Waals surface area contributed by atoms with Gasteiger partial charge >= 0.3 is 0 Å². The summed E-state index contributed by atoms with van der Waals surface area (Å²) < 4.78 is 15.4. The molecule has 0 radical (unpaired) electrons. The fraction of sp³-hybridized carbons (Fsp3) is 0.481. The number of aromatic hydroxyl groups is 1. The van der Waals surface area contributed by atoms with Crippen molar-refractivity contribution in [3.05, 3.63) is 39.9 Å². The standard InChI is InChI=1S/C27H31FN4O8/c1-31(2)19-12-8-10-7-11-13(28)9-14(30-26(39)15-5-4-6-32(15)3)20(33)17(11)21(34)16(10)23(36)27(12,40)24(37)18(22(19)35)25(29)38/h9-10,12,15,19,33-34,37,40H,4-8H2,1-3H3,(H2,29,38)(H,30,39)/t10-,12-,15-,19-,27-/m0/s1. The van der Waals surface area contributed by atoms with Gasteiger partial charge in [0, 0.05) is 23.1 Å². The molecule has 0 aromatic heterocycles. The van der Waals surface area contributed by atoms with Gasteiger partial charge in [0.1, 0.15) is 22.9 Å². The smallest absolute Gasteiger partial charge is 0.255 e. The molecule has 1 heterocycles. The Balaban J connectivity index is 1.63. The lowest BCUT2D eigenvalue weighted by atomic mass is 9.57. The number of Topliss-reactive ketones (excluding diaryl/α,β-unsaturated/α-hetero) is 2. The molecule has 0 unspecified atom stereocenters. The summed E-state index contributed by atoms with van der Waals surface area (Å²) in [5, 5.41) is 47.3. The number of halogens is 1. The Kier molecular flexibility index (Phi) is 6.51. The lowest BCUT2D eigenvalue weighted by molar-refractivity contribution is -0.153. The number of likely N-dealkylation sites (tertiary alicyclic amines) is 1. The summed E-state index contributed by atoms with van der Waals surface area (Å²) in [5.41, 5.74) is 0.358. The first-order valence-corrected chi connectivity index (χ1v) is 12.9. The molecule has 1 saturated carbocycles. The summed E-state index contributed by atoms with van der Waals surface area (Å²) in [4.78, 5) is 55.0. The monoisotopic (exact) mass is 558 g/mol. The van der Waals surface area contributed by atoms with E-state index in [1.165, 1.54) is 19.0 Å². The topological polar surface area (TPSA) is 194 Å². The average Bonchev–Trinajstić information content (AvgIpc) is 3.30. The van der Waals surface area contributed by atoms with E-state index in [2.05, 4.69) is 5.32 Å². The van der Waals surface area contributed by atoms with Crippen molar-refractivity contribution in [2.24, 2.45) is 17.6 Å². The maximum atomic E-state index is 15.4. The fourth-order valence-corrected chi connectivity index (χ4v) is 6.82. The number of nitrogens with one attached hydrogen (secondary N) is 1. The van der Waals surface area contributed by atoms with Crippen molar-refractivity contribution in [2.75, 3.05) is 33.0 Å². The first kappa shape index (κ1) is 27.7. The van der Waals surface area contributed by atoms with Crippen molar-refractivity contribution >= 4 is 34.8 Å². The van der Waals surface area contributed by atoms with Crippen molar-refractivity contribution in [3.8, 4) is 5.75 Å². The van der Waals surface area contributed by atoms with Crippen LogP contribution in [-0.4, -0.2) is 99.0 Å². The molecular weight excluding hydrogens is 527 g/mol. The number of phenolic OH excluding ortho intramolecular Hbond substituents is 1. The molecule has 2 fully saturated rings. The molecule has 3 aliphatic carbocycles. The maximum absolute atomic E-state index is 15.4. The third-order valence-corrected chi connectivity index (χ3v) is 8.75. The first-order chi connectivity index (χ1) is 18.7. The number of amides is 2. The van der Waals surface area contributed by atoms with Gasteiger partial charge in [0.15, 0.2) is 17.1 Å². The SMILES string of the molecule is CN(C)[C@@H]1C(=O)C(C(N)=O)=C(O)[C@@]2(O)C(=O)C3=C(O)c4c(O)c(NC(=O)[C@@H]5CCCN5C)cc(F)c4C[C@H]3C[C@@H]12. The minimum atomic E-state index is -2.79. The Morgan fingerprint density at radius 1 is 1.23 bits per heavy atom. The molecule has 4 aliphatic rings. The van der Waals surface area contributed by atoms with Gasteiger partial charge in [-0.15, -0.1) is 0 Å². The molecule has 0 bridgehead atoms. The third-order valence-electron chi connectivity index (χ3n) is 8.75. The van der Waals surface area contributed by atoms with Gasteiger partial charge in [-0.25, -0.2) is 4.39 Å². The van der Waals surface area contributed by atoms with E-state index in [4.69, 9.17) is 5.73 Å². The highest BCUT2D eigenvalue weighted by atomic mass is 19.1. The van der Waals surface area contributed by atoms with Crippen LogP contribution in [0.2, 0.25) is 0 Å². The number of carbonyl (C=O) groups excluding carboxylic acids is 4. The van der Waals surface area contributed by atoms with Crippen molar-refractivity contribution in [1.29, 1.82) is 0 Å². The van der Waals surface area contributed by atoms with Gasteiger partial charge in [0.2, 0.25) is 11.7 Å². The number of primary amides is 1. The summed E-state index contributed by atoms with van der Waals surface area (Å²) in [6, 6.07) is -0.781. The number of nitrogens with two attached hydrogens (primary N) is 1. The molecule has 40 heavy (non-hydrogen) atoms. The molecule has 13 heteroatoms. The molecule has 1 aromatic carbocycles. The number of benzene rings is 1.